The molecule has 0 saturated heterocycles. The van der Waals surface area contributed by atoms with E-state index in [1.807, 2.05) is 18.2 Å². The number of aromatic nitrogens is 2. The van der Waals surface area contributed by atoms with Gasteiger partial charge in [-0.15, -0.1) is 10.2 Å². The second-order valence-electron chi connectivity index (χ2n) is 6.42. The molecule has 0 radical (unpaired) electrons. The van der Waals surface area contributed by atoms with Crippen molar-refractivity contribution in [3.8, 4) is 32.3 Å². The Balaban J connectivity index is 1.45. The SMILES string of the molecule is c1ccc(-c2nnc(-c3ccc(-c4ccc5ccccc5c4)cc3)s2)cc1. The molecule has 0 aliphatic rings. The maximum atomic E-state index is 4.37. The minimum Gasteiger partial charge on any atom is -0.138 e. The summed E-state index contributed by atoms with van der Waals surface area (Å²) in [5.74, 6) is 0. The third-order valence-corrected chi connectivity index (χ3v) is 5.68. The van der Waals surface area contributed by atoms with Crippen LogP contribution in [0.25, 0.3) is 43.0 Å². The maximum absolute atomic E-state index is 4.37. The van der Waals surface area contributed by atoms with Gasteiger partial charge in [0, 0.05) is 11.1 Å². The summed E-state index contributed by atoms with van der Waals surface area (Å²) < 4.78 is 0. The Kier molecular flexibility index (Phi) is 4.00. The standard InChI is InChI=1S/C24H16N2S/c1-2-7-19(8-3-1)23-25-26-24(27-23)20-13-10-18(11-14-20)22-15-12-17-6-4-5-9-21(17)16-22/h1-16H. The Hall–Kier alpha value is -3.30. The van der Waals surface area contributed by atoms with Gasteiger partial charge in [-0.2, -0.15) is 0 Å². The van der Waals surface area contributed by atoms with Crippen molar-refractivity contribution in [1.29, 1.82) is 0 Å². The highest BCUT2D eigenvalue weighted by atomic mass is 32.1. The van der Waals surface area contributed by atoms with Gasteiger partial charge in [0.15, 0.2) is 0 Å². The molecule has 0 aliphatic heterocycles. The molecule has 0 amide bonds. The van der Waals surface area contributed by atoms with E-state index in [2.05, 4.69) is 89.1 Å². The van der Waals surface area contributed by atoms with Gasteiger partial charge in [-0.1, -0.05) is 102 Å². The second-order valence-corrected chi connectivity index (χ2v) is 7.40. The van der Waals surface area contributed by atoms with Gasteiger partial charge in [0.25, 0.3) is 0 Å². The average Bonchev–Trinajstić information content (AvgIpc) is 3.24. The van der Waals surface area contributed by atoms with E-state index in [4.69, 9.17) is 0 Å². The summed E-state index contributed by atoms with van der Waals surface area (Å²) in [7, 11) is 0. The molecule has 5 rings (SSSR count). The fourth-order valence-electron chi connectivity index (χ4n) is 3.21. The minimum atomic E-state index is 0.943. The van der Waals surface area contributed by atoms with Crippen LogP contribution in [0.2, 0.25) is 0 Å². The van der Waals surface area contributed by atoms with Crippen molar-refractivity contribution >= 4 is 22.1 Å². The third-order valence-electron chi connectivity index (χ3n) is 4.66. The van der Waals surface area contributed by atoms with E-state index in [1.54, 1.807) is 11.3 Å². The van der Waals surface area contributed by atoms with Crippen LogP contribution in [0.1, 0.15) is 0 Å². The van der Waals surface area contributed by atoms with Crippen molar-refractivity contribution in [2.24, 2.45) is 0 Å². The monoisotopic (exact) mass is 364 g/mol. The highest BCUT2D eigenvalue weighted by Gasteiger charge is 2.09. The van der Waals surface area contributed by atoms with Crippen LogP contribution in [0.4, 0.5) is 0 Å². The summed E-state index contributed by atoms with van der Waals surface area (Å²) in [6.07, 6.45) is 0. The first-order chi connectivity index (χ1) is 13.4. The molecular weight excluding hydrogens is 348 g/mol. The van der Waals surface area contributed by atoms with Crippen LogP contribution < -0.4 is 0 Å². The quantitative estimate of drug-likeness (QED) is 0.356. The molecule has 27 heavy (non-hydrogen) atoms. The third kappa shape index (κ3) is 3.14. The van der Waals surface area contributed by atoms with Crippen molar-refractivity contribution in [2.75, 3.05) is 0 Å². The highest BCUT2D eigenvalue weighted by Crippen LogP contribution is 2.31. The molecule has 0 unspecified atom stereocenters. The molecule has 5 aromatic rings. The molecule has 0 atom stereocenters. The Morgan fingerprint density at radius 3 is 1.74 bits per heavy atom. The molecule has 3 heteroatoms. The lowest BCUT2D eigenvalue weighted by Gasteiger charge is -2.05. The zero-order valence-corrected chi connectivity index (χ0v) is 15.4. The van der Waals surface area contributed by atoms with Gasteiger partial charge in [0.2, 0.25) is 0 Å². The number of hydrogen-bond donors (Lipinski definition) is 0. The molecule has 1 aromatic heterocycles. The maximum Gasteiger partial charge on any atom is 0.148 e. The van der Waals surface area contributed by atoms with E-state index < -0.39 is 0 Å². The van der Waals surface area contributed by atoms with Gasteiger partial charge in [-0.25, -0.2) is 0 Å². The van der Waals surface area contributed by atoms with Gasteiger partial charge in [0.05, 0.1) is 0 Å². The molecule has 4 aromatic carbocycles. The van der Waals surface area contributed by atoms with Crippen LogP contribution in [0, 0.1) is 0 Å². The summed E-state index contributed by atoms with van der Waals surface area (Å²) in [4.78, 5) is 0. The van der Waals surface area contributed by atoms with Crippen molar-refractivity contribution in [2.45, 2.75) is 0 Å². The number of fused-ring (bicyclic) bond motifs is 1. The largest absolute Gasteiger partial charge is 0.148 e. The van der Waals surface area contributed by atoms with Crippen molar-refractivity contribution in [3.05, 3.63) is 97.1 Å². The predicted molar refractivity (Wildman–Crippen MR) is 114 cm³/mol. The van der Waals surface area contributed by atoms with Crippen LogP contribution in [-0.4, -0.2) is 10.2 Å². The summed E-state index contributed by atoms with van der Waals surface area (Å²) in [6, 6.07) is 33.8. The molecule has 0 aliphatic carbocycles. The Bertz CT molecular complexity index is 1210. The van der Waals surface area contributed by atoms with Gasteiger partial charge in [-0.3, -0.25) is 0 Å². The van der Waals surface area contributed by atoms with E-state index in [0.717, 1.165) is 21.1 Å². The van der Waals surface area contributed by atoms with E-state index in [0.29, 0.717) is 0 Å². The number of hydrogen-bond acceptors (Lipinski definition) is 3. The van der Waals surface area contributed by atoms with E-state index >= 15 is 0 Å². The molecule has 0 bridgehead atoms. The van der Waals surface area contributed by atoms with Gasteiger partial charge in [-0.05, 0) is 28.0 Å². The first-order valence-corrected chi connectivity index (χ1v) is 9.67. The Morgan fingerprint density at radius 2 is 1.00 bits per heavy atom. The van der Waals surface area contributed by atoms with Crippen LogP contribution in [-0.2, 0) is 0 Å². The molecule has 2 nitrogen and oxygen atoms in total. The van der Waals surface area contributed by atoms with Crippen LogP contribution in [0.5, 0.6) is 0 Å². The fourth-order valence-corrected chi connectivity index (χ4v) is 4.07. The van der Waals surface area contributed by atoms with Gasteiger partial charge in [0.1, 0.15) is 10.0 Å². The van der Waals surface area contributed by atoms with Gasteiger partial charge >= 0.3 is 0 Å². The van der Waals surface area contributed by atoms with Crippen molar-refractivity contribution in [1.82, 2.24) is 10.2 Å². The van der Waals surface area contributed by atoms with E-state index in [1.165, 1.54) is 21.9 Å². The summed E-state index contributed by atoms with van der Waals surface area (Å²) in [6.45, 7) is 0. The van der Waals surface area contributed by atoms with E-state index in [-0.39, 0.29) is 0 Å². The zero-order chi connectivity index (χ0) is 18.1. The second kappa shape index (κ2) is 6.78. The predicted octanol–water partition coefficient (Wildman–Crippen LogP) is 6.69. The molecule has 1 heterocycles. The van der Waals surface area contributed by atoms with Crippen molar-refractivity contribution in [3.63, 3.8) is 0 Å². The molecule has 128 valence electrons. The number of rotatable bonds is 3. The van der Waals surface area contributed by atoms with Crippen LogP contribution in [0.3, 0.4) is 0 Å². The zero-order valence-electron chi connectivity index (χ0n) is 14.5. The number of nitrogens with zero attached hydrogens (tertiary/aromatic N) is 2. The molecular formula is C24H16N2S. The highest BCUT2D eigenvalue weighted by molar-refractivity contribution is 7.17. The average molecular weight is 364 g/mol. The lowest BCUT2D eigenvalue weighted by molar-refractivity contribution is 1.10. The van der Waals surface area contributed by atoms with Gasteiger partial charge < -0.3 is 0 Å². The Labute approximate surface area is 161 Å². The first kappa shape index (κ1) is 15.9. The normalized spacial score (nSPS) is 11.0. The summed E-state index contributed by atoms with van der Waals surface area (Å²) in [5.41, 5.74) is 4.63. The molecule has 0 saturated carbocycles. The summed E-state index contributed by atoms with van der Waals surface area (Å²) >= 11 is 1.62. The number of benzene rings is 4. The molecule has 0 N–H and O–H groups in total. The van der Waals surface area contributed by atoms with Crippen molar-refractivity contribution < 1.29 is 0 Å². The topological polar surface area (TPSA) is 25.8 Å². The Morgan fingerprint density at radius 1 is 0.444 bits per heavy atom. The smallest absolute Gasteiger partial charge is 0.138 e. The molecule has 0 fully saturated rings. The van der Waals surface area contributed by atoms with Crippen LogP contribution >= 0.6 is 11.3 Å². The van der Waals surface area contributed by atoms with E-state index in [9.17, 15) is 0 Å². The first-order valence-electron chi connectivity index (χ1n) is 8.85. The lowest BCUT2D eigenvalue weighted by Crippen LogP contribution is -1.81. The fraction of sp³-hybridized carbons (Fsp3) is 0. The minimum absolute atomic E-state index is 0.943. The summed E-state index contributed by atoms with van der Waals surface area (Å²) in [5, 5.41) is 13.1. The molecule has 0 spiro atoms. The van der Waals surface area contributed by atoms with Crippen LogP contribution in [0.15, 0.2) is 97.1 Å². The lowest BCUT2D eigenvalue weighted by atomic mass is 10.0.